The van der Waals surface area contributed by atoms with Gasteiger partial charge in [0, 0.05) is 25.7 Å². The molecule has 24 heavy (non-hydrogen) atoms. The number of carbonyl (C=O) groups is 1. The fraction of sp³-hybridized carbons (Fsp3) is 0.562. The van der Waals surface area contributed by atoms with Gasteiger partial charge in [-0.3, -0.25) is 15.1 Å². The Morgan fingerprint density at radius 1 is 1.29 bits per heavy atom. The van der Waals surface area contributed by atoms with Crippen LogP contribution in [0.1, 0.15) is 27.7 Å². The van der Waals surface area contributed by atoms with Crippen molar-refractivity contribution in [2.24, 2.45) is 0 Å². The number of amides is 1. The first kappa shape index (κ1) is 19.7. The van der Waals surface area contributed by atoms with Crippen molar-refractivity contribution in [3.8, 4) is 0 Å². The number of nitrogens with one attached hydrogen (secondary N) is 1. The van der Waals surface area contributed by atoms with Crippen LogP contribution in [0.25, 0.3) is 0 Å². The van der Waals surface area contributed by atoms with Gasteiger partial charge in [-0.25, -0.2) is 9.80 Å². The van der Waals surface area contributed by atoms with Gasteiger partial charge < -0.3 is 10.1 Å². The fourth-order valence-electron chi connectivity index (χ4n) is 1.97. The van der Waals surface area contributed by atoms with Crippen LogP contribution in [0.5, 0.6) is 0 Å². The van der Waals surface area contributed by atoms with E-state index in [0.717, 1.165) is 6.54 Å². The summed E-state index contributed by atoms with van der Waals surface area (Å²) in [5, 5.41) is 17.0. The van der Waals surface area contributed by atoms with E-state index in [1.165, 1.54) is 17.1 Å². The third-order valence-electron chi connectivity index (χ3n) is 3.15. The minimum absolute atomic E-state index is 0.00335. The van der Waals surface area contributed by atoms with Gasteiger partial charge in [0.05, 0.1) is 17.2 Å². The highest BCUT2D eigenvalue weighted by Crippen LogP contribution is 2.21. The van der Waals surface area contributed by atoms with E-state index >= 15 is 0 Å². The zero-order valence-electron chi connectivity index (χ0n) is 14.9. The van der Waals surface area contributed by atoms with Gasteiger partial charge in [-0.05, 0) is 39.4 Å². The van der Waals surface area contributed by atoms with Gasteiger partial charge in [-0.1, -0.05) is 6.92 Å². The van der Waals surface area contributed by atoms with Crippen LogP contribution in [0, 0.1) is 10.1 Å². The molecule has 0 aliphatic carbocycles. The molecule has 0 aliphatic heterocycles. The molecular weight excluding hydrogens is 312 g/mol. The van der Waals surface area contributed by atoms with Gasteiger partial charge in [-0.2, -0.15) is 0 Å². The van der Waals surface area contributed by atoms with Gasteiger partial charge in [0.2, 0.25) is 0 Å². The van der Waals surface area contributed by atoms with Crippen LogP contribution < -0.4 is 10.3 Å². The molecule has 0 fully saturated rings. The molecule has 0 saturated carbocycles. The Labute approximate surface area is 142 Å². The number of ether oxygens (including phenoxy) is 1. The molecule has 0 saturated heterocycles. The minimum atomic E-state index is -0.607. The van der Waals surface area contributed by atoms with E-state index in [2.05, 4.69) is 5.32 Å². The van der Waals surface area contributed by atoms with Crippen LogP contribution in [0.15, 0.2) is 24.3 Å². The molecule has 8 heteroatoms. The first-order valence-corrected chi connectivity index (χ1v) is 7.85. The lowest BCUT2D eigenvalue weighted by molar-refractivity contribution is -0.384. The average molecular weight is 338 g/mol. The summed E-state index contributed by atoms with van der Waals surface area (Å²) >= 11 is 0. The lowest BCUT2D eigenvalue weighted by atomic mass is 10.2. The second kappa shape index (κ2) is 8.49. The Morgan fingerprint density at radius 2 is 1.88 bits per heavy atom. The molecule has 1 aromatic carbocycles. The van der Waals surface area contributed by atoms with Gasteiger partial charge in [0.15, 0.2) is 0 Å². The molecule has 0 unspecified atom stereocenters. The van der Waals surface area contributed by atoms with Crippen molar-refractivity contribution < 1.29 is 14.5 Å². The van der Waals surface area contributed by atoms with Crippen molar-refractivity contribution in [3.63, 3.8) is 0 Å². The third kappa shape index (κ3) is 6.04. The van der Waals surface area contributed by atoms with E-state index in [1.807, 2.05) is 6.92 Å². The predicted molar refractivity (Wildman–Crippen MR) is 93.0 cm³/mol. The predicted octanol–water partition coefficient (Wildman–Crippen LogP) is 2.79. The quantitative estimate of drug-likeness (QED) is 0.467. The van der Waals surface area contributed by atoms with Crippen LogP contribution >= 0.6 is 0 Å². The standard InChI is InChI=1S/C16H26N4O4/c1-6-17-11-12-19(15(21)24-16(2,3)4)18(5)13-7-9-14(10-8-13)20(22)23/h7-10,17H,6,11-12H2,1-5H3. The fourth-order valence-corrected chi connectivity index (χ4v) is 1.97. The van der Waals surface area contributed by atoms with Gasteiger partial charge >= 0.3 is 6.09 Å². The van der Waals surface area contributed by atoms with Crippen molar-refractivity contribution in [2.45, 2.75) is 33.3 Å². The molecule has 0 heterocycles. The monoisotopic (exact) mass is 338 g/mol. The van der Waals surface area contributed by atoms with E-state index in [-0.39, 0.29) is 5.69 Å². The first-order chi connectivity index (χ1) is 11.2. The number of nitro groups is 1. The minimum Gasteiger partial charge on any atom is -0.442 e. The molecular formula is C16H26N4O4. The van der Waals surface area contributed by atoms with Crippen molar-refractivity contribution in [1.82, 2.24) is 10.3 Å². The molecule has 1 rings (SSSR count). The van der Waals surface area contributed by atoms with Gasteiger partial charge in [0.25, 0.3) is 5.69 Å². The number of hydrogen-bond acceptors (Lipinski definition) is 6. The van der Waals surface area contributed by atoms with Crippen LogP contribution in [-0.2, 0) is 4.74 Å². The number of likely N-dealkylation sites (N-methyl/N-ethyl adjacent to an activating group) is 1. The Hall–Kier alpha value is -2.35. The Kier molecular flexibility index (Phi) is 6.97. The highest BCUT2D eigenvalue weighted by molar-refractivity contribution is 5.71. The maximum Gasteiger partial charge on any atom is 0.429 e. The van der Waals surface area contributed by atoms with Crippen LogP contribution in [0.4, 0.5) is 16.2 Å². The molecule has 1 aromatic rings. The van der Waals surface area contributed by atoms with Crippen molar-refractivity contribution in [2.75, 3.05) is 31.7 Å². The SMILES string of the molecule is CCNCCN(C(=O)OC(C)(C)C)N(C)c1ccc([N+](=O)[O-])cc1. The topological polar surface area (TPSA) is 88.0 Å². The molecule has 0 radical (unpaired) electrons. The number of hydrogen-bond donors (Lipinski definition) is 1. The van der Waals surface area contributed by atoms with E-state index in [1.54, 1.807) is 45.0 Å². The van der Waals surface area contributed by atoms with Crippen LogP contribution in [0.3, 0.4) is 0 Å². The summed E-state index contributed by atoms with van der Waals surface area (Å²) in [5.74, 6) is 0. The molecule has 8 nitrogen and oxygen atoms in total. The summed E-state index contributed by atoms with van der Waals surface area (Å²) in [6, 6.07) is 6.01. The zero-order chi connectivity index (χ0) is 18.3. The van der Waals surface area contributed by atoms with E-state index in [0.29, 0.717) is 18.8 Å². The number of rotatable bonds is 7. The number of anilines is 1. The maximum atomic E-state index is 12.5. The number of nitrogens with zero attached hydrogens (tertiary/aromatic N) is 3. The molecule has 134 valence electrons. The maximum absolute atomic E-state index is 12.5. The average Bonchev–Trinajstić information content (AvgIpc) is 2.49. The van der Waals surface area contributed by atoms with Crippen LogP contribution in [0.2, 0.25) is 0 Å². The summed E-state index contributed by atoms with van der Waals surface area (Å²) in [5.41, 5.74) is 0.0516. The van der Waals surface area contributed by atoms with Crippen LogP contribution in [-0.4, -0.2) is 48.3 Å². The smallest absolute Gasteiger partial charge is 0.429 e. The zero-order valence-corrected chi connectivity index (χ0v) is 14.9. The Bertz CT molecular complexity index is 554. The molecule has 0 aliphatic rings. The molecule has 0 atom stereocenters. The summed E-state index contributed by atoms with van der Waals surface area (Å²) in [4.78, 5) is 22.8. The normalized spacial score (nSPS) is 11.0. The molecule has 1 N–H and O–H groups in total. The van der Waals surface area contributed by atoms with Gasteiger partial charge in [-0.15, -0.1) is 0 Å². The molecule has 1 amide bonds. The van der Waals surface area contributed by atoms with Crippen molar-refractivity contribution in [1.29, 1.82) is 0 Å². The summed E-state index contributed by atoms with van der Waals surface area (Å²) < 4.78 is 5.44. The molecule has 0 bridgehead atoms. The van der Waals surface area contributed by atoms with Gasteiger partial charge in [0.1, 0.15) is 5.60 Å². The first-order valence-electron chi connectivity index (χ1n) is 7.85. The Morgan fingerprint density at radius 3 is 2.33 bits per heavy atom. The highest BCUT2D eigenvalue weighted by atomic mass is 16.6. The second-order valence-corrected chi connectivity index (χ2v) is 6.25. The number of non-ortho nitro benzene ring substituents is 1. The number of hydrazine groups is 1. The van der Waals surface area contributed by atoms with E-state index in [4.69, 9.17) is 4.74 Å². The number of carbonyl (C=O) groups excluding carboxylic acids is 1. The van der Waals surface area contributed by atoms with E-state index in [9.17, 15) is 14.9 Å². The lowest BCUT2D eigenvalue weighted by Crippen LogP contribution is -2.49. The lowest BCUT2D eigenvalue weighted by Gasteiger charge is -2.35. The highest BCUT2D eigenvalue weighted by Gasteiger charge is 2.25. The molecule has 0 aromatic heterocycles. The number of benzene rings is 1. The second-order valence-electron chi connectivity index (χ2n) is 6.25. The van der Waals surface area contributed by atoms with E-state index < -0.39 is 16.6 Å². The third-order valence-corrected chi connectivity index (χ3v) is 3.15. The van der Waals surface area contributed by atoms with Crippen molar-refractivity contribution >= 4 is 17.5 Å². The Balaban J connectivity index is 2.94. The summed E-state index contributed by atoms with van der Waals surface area (Å²) in [6.07, 6.45) is -0.471. The number of nitro benzene ring substituents is 1. The summed E-state index contributed by atoms with van der Waals surface area (Å²) in [7, 11) is 1.72. The molecule has 0 spiro atoms. The summed E-state index contributed by atoms with van der Waals surface area (Å²) in [6.45, 7) is 9.21. The largest absolute Gasteiger partial charge is 0.442 e. The van der Waals surface area contributed by atoms with Crippen molar-refractivity contribution in [3.05, 3.63) is 34.4 Å².